The molecule has 1 heterocycles. The zero-order valence-corrected chi connectivity index (χ0v) is 9.49. The van der Waals surface area contributed by atoms with Crippen molar-refractivity contribution < 1.29 is 19.1 Å². The lowest BCUT2D eigenvalue weighted by Gasteiger charge is -2.21. The molecule has 0 aromatic heterocycles. The molecule has 1 rings (SSSR count). The fraction of sp³-hybridized carbons (Fsp3) is 0.800. The van der Waals surface area contributed by atoms with Crippen LogP contribution in [0.1, 0.15) is 27.7 Å². The Hall–Kier alpha value is -1.26. The lowest BCUT2D eigenvalue weighted by Crippen LogP contribution is -2.44. The Morgan fingerprint density at radius 1 is 1.53 bits per heavy atom. The van der Waals surface area contributed by atoms with Crippen molar-refractivity contribution in [3.05, 3.63) is 0 Å². The van der Waals surface area contributed by atoms with Crippen LogP contribution in [0.25, 0.3) is 0 Å². The fourth-order valence-corrected chi connectivity index (χ4v) is 1.27. The summed E-state index contributed by atoms with van der Waals surface area (Å²) in [5.74, 6) is -0.404. The largest absolute Gasteiger partial charge is 0.464 e. The Morgan fingerprint density at radius 2 is 2.13 bits per heavy atom. The molecule has 1 fully saturated rings. The van der Waals surface area contributed by atoms with E-state index in [0.29, 0.717) is 6.61 Å². The quantitative estimate of drug-likeness (QED) is 0.664. The maximum atomic E-state index is 11.4. The molecule has 1 saturated heterocycles. The molecule has 0 radical (unpaired) electrons. The SMILES string of the molecule is C[C@H]1COC(=O)[C@H]1NC(=O)OC(C)(C)C. The van der Waals surface area contributed by atoms with Gasteiger partial charge in [-0.1, -0.05) is 6.92 Å². The van der Waals surface area contributed by atoms with Gasteiger partial charge in [-0.15, -0.1) is 0 Å². The Labute approximate surface area is 89.1 Å². The maximum Gasteiger partial charge on any atom is 0.408 e. The molecular weight excluding hydrogens is 198 g/mol. The van der Waals surface area contributed by atoms with Crippen molar-refractivity contribution in [1.82, 2.24) is 5.32 Å². The second-order valence-electron chi connectivity index (χ2n) is 4.73. The van der Waals surface area contributed by atoms with E-state index in [1.54, 1.807) is 20.8 Å². The van der Waals surface area contributed by atoms with E-state index in [0.717, 1.165) is 0 Å². The summed E-state index contributed by atoms with van der Waals surface area (Å²) in [6, 6.07) is -0.583. The van der Waals surface area contributed by atoms with Crippen molar-refractivity contribution >= 4 is 12.1 Å². The molecule has 0 spiro atoms. The second-order valence-corrected chi connectivity index (χ2v) is 4.73. The van der Waals surface area contributed by atoms with E-state index < -0.39 is 23.7 Å². The van der Waals surface area contributed by atoms with Crippen molar-refractivity contribution in [1.29, 1.82) is 0 Å². The second kappa shape index (κ2) is 4.08. The predicted molar refractivity (Wildman–Crippen MR) is 53.3 cm³/mol. The van der Waals surface area contributed by atoms with Crippen LogP contribution in [0.5, 0.6) is 0 Å². The number of hydrogen-bond acceptors (Lipinski definition) is 4. The Bertz CT molecular complexity index is 269. The highest BCUT2D eigenvalue weighted by Crippen LogP contribution is 2.15. The smallest absolute Gasteiger partial charge is 0.408 e. The third-order valence-corrected chi connectivity index (χ3v) is 1.98. The Kier molecular flexibility index (Phi) is 3.21. The molecule has 0 aromatic carbocycles. The first-order valence-corrected chi connectivity index (χ1v) is 4.96. The van der Waals surface area contributed by atoms with Crippen LogP contribution in [0, 0.1) is 5.92 Å². The average molecular weight is 215 g/mol. The Balaban J connectivity index is 2.48. The minimum Gasteiger partial charge on any atom is -0.464 e. The summed E-state index contributed by atoms with van der Waals surface area (Å²) < 4.78 is 9.84. The summed E-state index contributed by atoms with van der Waals surface area (Å²) in [5.41, 5.74) is -0.560. The minimum atomic E-state index is -0.585. The number of alkyl carbamates (subject to hydrolysis) is 1. The van der Waals surface area contributed by atoms with Gasteiger partial charge in [0.05, 0.1) is 6.61 Å². The fourth-order valence-electron chi connectivity index (χ4n) is 1.27. The number of amides is 1. The van der Waals surface area contributed by atoms with E-state index in [1.165, 1.54) is 0 Å². The summed E-state index contributed by atoms with van der Waals surface area (Å²) >= 11 is 0. The molecule has 1 aliphatic heterocycles. The molecule has 86 valence electrons. The number of nitrogens with one attached hydrogen (secondary N) is 1. The highest BCUT2D eigenvalue weighted by molar-refractivity contribution is 5.83. The molecule has 15 heavy (non-hydrogen) atoms. The topological polar surface area (TPSA) is 64.6 Å². The van der Waals surface area contributed by atoms with Gasteiger partial charge >= 0.3 is 12.1 Å². The van der Waals surface area contributed by atoms with Crippen LogP contribution in [-0.2, 0) is 14.3 Å². The standard InChI is InChI=1S/C10H17NO4/c1-6-5-14-8(12)7(6)11-9(13)15-10(2,3)4/h6-7H,5H2,1-4H3,(H,11,13)/t6-,7-/m0/s1. The molecule has 1 aliphatic rings. The number of carbonyl (C=O) groups excluding carboxylic acids is 2. The van der Waals surface area contributed by atoms with Gasteiger partial charge in [0, 0.05) is 5.92 Å². The predicted octanol–water partition coefficient (Wildman–Crippen LogP) is 1.07. The van der Waals surface area contributed by atoms with Gasteiger partial charge in [-0.05, 0) is 20.8 Å². The number of rotatable bonds is 1. The van der Waals surface area contributed by atoms with E-state index in [-0.39, 0.29) is 5.92 Å². The van der Waals surface area contributed by atoms with Crippen LogP contribution in [-0.4, -0.2) is 30.3 Å². The molecule has 0 saturated carbocycles. The zero-order valence-electron chi connectivity index (χ0n) is 9.49. The van der Waals surface area contributed by atoms with E-state index in [2.05, 4.69) is 5.32 Å². The highest BCUT2D eigenvalue weighted by Gasteiger charge is 2.35. The van der Waals surface area contributed by atoms with Gasteiger partial charge < -0.3 is 14.8 Å². The lowest BCUT2D eigenvalue weighted by atomic mass is 10.1. The zero-order chi connectivity index (χ0) is 11.6. The third kappa shape index (κ3) is 3.42. The number of cyclic esters (lactones) is 1. The van der Waals surface area contributed by atoms with Crippen molar-refractivity contribution in [2.24, 2.45) is 5.92 Å². The molecule has 5 heteroatoms. The first-order chi connectivity index (χ1) is 6.79. The molecule has 1 N–H and O–H groups in total. The number of ether oxygens (including phenoxy) is 2. The Morgan fingerprint density at radius 3 is 2.53 bits per heavy atom. The van der Waals surface area contributed by atoms with Crippen LogP contribution in [0.15, 0.2) is 0 Å². The molecular formula is C10H17NO4. The number of carbonyl (C=O) groups is 2. The maximum absolute atomic E-state index is 11.4. The number of esters is 1. The van der Waals surface area contributed by atoms with Gasteiger partial charge in [-0.25, -0.2) is 9.59 Å². The summed E-state index contributed by atoms with van der Waals surface area (Å²) in [5, 5.41) is 2.50. The molecule has 0 aromatic rings. The van der Waals surface area contributed by atoms with E-state index >= 15 is 0 Å². The summed E-state index contributed by atoms with van der Waals surface area (Å²) in [6.45, 7) is 7.49. The van der Waals surface area contributed by atoms with Gasteiger partial charge in [0.2, 0.25) is 0 Å². The molecule has 0 unspecified atom stereocenters. The van der Waals surface area contributed by atoms with Gasteiger partial charge in [-0.3, -0.25) is 0 Å². The van der Waals surface area contributed by atoms with E-state index in [4.69, 9.17) is 9.47 Å². The summed E-state index contributed by atoms with van der Waals surface area (Å²) in [6.07, 6.45) is -0.585. The minimum absolute atomic E-state index is 0.00924. The van der Waals surface area contributed by atoms with Crippen LogP contribution in [0.3, 0.4) is 0 Å². The first-order valence-electron chi connectivity index (χ1n) is 4.96. The van der Waals surface area contributed by atoms with Crippen LogP contribution < -0.4 is 5.32 Å². The molecule has 1 amide bonds. The summed E-state index contributed by atoms with van der Waals surface area (Å²) in [7, 11) is 0. The van der Waals surface area contributed by atoms with Gasteiger partial charge in [0.25, 0.3) is 0 Å². The van der Waals surface area contributed by atoms with Crippen molar-refractivity contribution in [2.45, 2.75) is 39.3 Å². The molecule has 0 aliphatic carbocycles. The average Bonchev–Trinajstić information content (AvgIpc) is 2.32. The van der Waals surface area contributed by atoms with E-state index in [1.807, 2.05) is 6.92 Å². The molecule has 5 nitrogen and oxygen atoms in total. The highest BCUT2D eigenvalue weighted by atomic mass is 16.6. The van der Waals surface area contributed by atoms with Crippen molar-refractivity contribution in [3.63, 3.8) is 0 Å². The van der Waals surface area contributed by atoms with Crippen molar-refractivity contribution in [3.8, 4) is 0 Å². The van der Waals surface area contributed by atoms with Crippen LogP contribution in [0.4, 0.5) is 4.79 Å². The third-order valence-electron chi connectivity index (χ3n) is 1.98. The lowest BCUT2D eigenvalue weighted by molar-refractivity contribution is -0.139. The molecule has 0 bridgehead atoms. The monoisotopic (exact) mass is 215 g/mol. The van der Waals surface area contributed by atoms with Crippen molar-refractivity contribution in [2.75, 3.05) is 6.61 Å². The summed E-state index contributed by atoms with van der Waals surface area (Å²) in [4.78, 5) is 22.6. The van der Waals surface area contributed by atoms with Crippen LogP contribution >= 0.6 is 0 Å². The van der Waals surface area contributed by atoms with Gasteiger partial charge in [0.15, 0.2) is 0 Å². The first kappa shape index (κ1) is 11.8. The number of hydrogen-bond donors (Lipinski definition) is 1. The molecule has 2 atom stereocenters. The van der Waals surface area contributed by atoms with Crippen LogP contribution in [0.2, 0.25) is 0 Å². The normalized spacial score (nSPS) is 26.0. The van der Waals surface area contributed by atoms with Gasteiger partial charge in [-0.2, -0.15) is 0 Å². The van der Waals surface area contributed by atoms with Gasteiger partial charge in [0.1, 0.15) is 11.6 Å². The van der Waals surface area contributed by atoms with E-state index in [9.17, 15) is 9.59 Å².